The predicted octanol–water partition coefficient (Wildman–Crippen LogP) is 4.63. The highest BCUT2D eigenvalue weighted by Gasteiger charge is 2.23. The quantitative estimate of drug-likeness (QED) is 0.475. The Bertz CT molecular complexity index is 1190. The molecule has 2 heterocycles. The fraction of sp³-hybridized carbons (Fsp3) is 0.240. The number of fused-ring (bicyclic) bond motifs is 1. The Morgan fingerprint density at radius 2 is 1.68 bits per heavy atom. The van der Waals surface area contributed by atoms with Gasteiger partial charge in [-0.25, -0.2) is 4.98 Å². The number of aromatic nitrogens is 2. The summed E-state index contributed by atoms with van der Waals surface area (Å²) in [5, 5.41) is 3.07. The highest BCUT2D eigenvalue weighted by molar-refractivity contribution is 7.09. The van der Waals surface area contributed by atoms with Crippen LogP contribution in [0.1, 0.15) is 28.2 Å². The van der Waals surface area contributed by atoms with Crippen LogP contribution >= 0.6 is 11.5 Å². The first-order valence-electron chi connectivity index (χ1n) is 10.7. The van der Waals surface area contributed by atoms with Crippen LogP contribution in [-0.2, 0) is 6.42 Å². The van der Waals surface area contributed by atoms with E-state index in [2.05, 4.69) is 33.5 Å². The lowest BCUT2D eigenvalue weighted by molar-refractivity contribution is 0.0769. The zero-order valence-electron chi connectivity index (χ0n) is 17.3. The predicted molar refractivity (Wildman–Crippen MR) is 126 cm³/mol. The number of amides is 1. The van der Waals surface area contributed by atoms with Crippen LogP contribution in [0.15, 0.2) is 72.8 Å². The van der Waals surface area contributed by atoms with E-state index in [9.17, 15) is 4.79 Å². The number of benzene rings is 3. The second-order valence-corrected chi connectivity index (χ2v) is 8.55. The van der Waals surface area contributed by atoms with Crippen molar-refractivity contribution >= 4 is 33.3 Å². The third-order valence-corrected chi connectivity index (χ3v) is 6.55. The van der Waals surface area contributed by atoms with Crippen molar-refractivity contribution in [2.75, 3.05) is 31.1 Å². The standard InChI is InChI=1S/C25H24N4OS/c30-24(22-13-6-11-20-10-4-5-12-21(20)22)28-14-7-15-29(17-16-28)25-26-23(27-31-25)18-19-8-2-1-3-9-19/h1-6,8-13H,7,14-18H2. The lowest BCUT2D eigenvalue weighted by atomic mass is 10.0. The van der Waals surface area contributed by atoms with Crippen molar-refractivity contribution in [3.63, 3.8) is 0 Å². The van der Waals surface area contributed by atoms with Crippen molar-refractivity contribution in [2.45, 2.75) is 12.8 Å². The average Bonchev–Trinajstić information content (AvgIpc) is 3.13. The van der Waals surface area contributed by atoms with Gasteiger partial charge in [0.2, 0.25) is 5.13 Å². The van der Waals surface area contributed by atoms with Crippen LogP contribution in [0.5, 0.6) is 0 Å². The van der Waals surface area contributed by atoms with E-state index in [1.165, 1.54) is 17.1 Å². The Kier molecular flexibility index (Phi) is 5.63. The molecule has 5 rings (SSSR count). The molecule has 0 spiro atoms. The average molecular weight is 429 g/mol. The second kappa shape index (κ2) is 8.86. The maximum Gasteiger partial charge on any atom is 0.254 e. The summed E-state index contributed by atoms with van der Waals surface area (Å²) in [5.41, 5.74) is 2.00. The fourth-order valence-electron chi connectivity index (χ4n) is 4.12. The summed E-state index contributed by atoms with van der Waals surface area (Å²) < 4.78 is 4.56. The summed E-state index contributed by atoms with van der Waals surface area (Å²) in [4.78, 5) is 22.3. The van der Waals surface area contributed by atoms with Crippen LogP contribution in [0.3, 0.4) is 0 Å². The molecule has 1 fully saturated rings. The molecule has 1 aliphatic rings. The minimum absolute atomic E-state index is 0.112. The molecule has 156 valence electrons. The van der Waals surface area contributed by atoms with Gasteiger partial charge < -0.3 is 9.80 Å². The van der Waals surface area contributed by atoms with Crippen molar-refractivity contribution in [3.05, 3.63) is 89.7 Å². The summed E-state index contributed by atoms with van der Waals surface area (Å²) >= 11 is 1.45. The van der Waals surface area contributed by atoms with Gasteiger partial charge in [0.1, 0.15) is 5.82 Å². The van der Waals surface area contributed by atoms with Gasteiger partial charge in [-0.1, -0.05) is 66.7 Å². The number of anilines is 1. The molecule has 0 saturated carbocycles. The molecule has 4 aromatic rings. The summed E-state index contributed by atoms with van der Waals surface area (Å²) in [6.07, 6.45) is 1.67. The maximum atomic E-state index is 13.3. The highest BCUT2D eigenvalue weighted by Crippen LogP contribution is 2.23. The highest BCUT2D eigenvalue weighted by atomic mass is 32.1. The van der Waals surface area contributed by atoms with Crippen LogP contribution in [0.4, 0.5) is 5.13 Å². The number of hydrogen-bond donors (Lipinski definition) is 0. The molecule has 0 radical (unpaired) electrons. The van der Waals surface area contributed by atoms with Gasteiger partial charge >= 0.3 is 0 Å². The van der Waals surface area contributed by atoms with Crippen LogP contribution < -0.4 is 4.90 Å². The van der Waals surface area contributed by atoms with Crippen LogP contribution in [0, 0.1) is 0 Å². The van der Waals surface area contributed by atoms with Crippen LogP contribution in [-0.4, -0.2) is 46.3 Å². The second-order valence-electron chi connectivity index (χ2n) is 7.82. The first-order chi connectivity index (χ1) is 15.3. The minimum Gasteiger partial charge on any atom is -0.345 e. The molecule has 3 aromatic carbocycles. The van der Waals surface area contributed by atoms with E-state index >= 15 is 0 Å². The van der Waals surface area contributed by atoms with Crippen molar-refractivity contribution in [1.82, 2.24) is 14.3 Å². The summed E-state index contributed by atoms with van der Waals surface area (Å²) in [6.45, 7) is 3.11. The van der Waals surface area contributed by atoms with Crippen molar-refractivity contribution < 1.29 is 4.79 Å². The van der Waals surface area contributed by atoms with Gasteiger partial charge in [0.05, 0.1) is 0 Å². The van der Waals surface area contributed by atoms with Gasteiger partial charge in [-0.15, -0.1) is 0 Å². The summed E-state index contributed by atoms with van der Waals surface area (Å²) in [6, 6.07) is 24.3. The Hall–Kier alpha value is -3.25. The van der Waals surface area contributed by atoms with Crippen molar-refractivity contribution in [3.8, 4) is 0 Å². The van der Waals surface area contributed by atoms with E-state index < -0.39 is 0 Å². The molecule has 6 heteroatoms. The Morgan fingerprint density at radius 3 is 2.58 bits per heavy atom. The SMILES string of the molecule is O=C(c1cccc2ccccc12)N1CCCN(c2nc(Cc3ccccc3)ns2)CC1. The smallest absolute Gasteiger partial charge is 0.254 e. The normalized spacial score (nSPS) is 14.6. The molecular formula is C25H24N4OS. The number of rotatable bonds is 4. The third-order valence-electron chi connectivity index (χ3n) is 5.74. The van der Waals surface area contributed by atoms with Gasteiger partial charge in [-0.3, -0.25) is 4.79 Å². The molecule has 0 bridgehead atoms. The molecule has 0 N–H and O–H groups in total. The number of carbonyl (C=O) groups excluding carboxylic acids is 1. The first kappa shape index (κ1) is 19.7. The molecular weight excluding hydrogens is 404 g/mol. The molecule has 5 nitrogen and oxygen atoms in total. The largest absolute Gasteiger partial charge is 0.345 e. The molecule has 1 saturated heterocycles. The number of hydrogen-bond acceptors (Lipinski definition) is 5. The molecule has 0 unspecified atom stereocenters. The Labute approximate surface area is 186 Å². The van der Waals surface area contributed by atoms with E-state index in [0.717, 1.165) is 59.8 Å². The van der Waals surface area contributed by atoms with E-state index in [1.807, 2.05) is 53.4 Å². The molecule has 1 aromatic heterocycles. The van der Waals surface area contributed by atoms with Crippen LogP contribution in [0.2, 0.25) is 0 Å². The first-order valence-corrected chi connectivity index (χ1v) is 11.4. The minimum atomic E-state index is 0.112. The lowest BCUT2D eigenvalue weighted by Gasteiger charge is -2.22. The van der Waals surface area contributed by atoms with E-state index in [1.54, 1.807) is 0 Å². The summed E-state index contributed by atoms with van der Waals surface area (Å²) in [5.74, 6) is 0.972. The molecule has 1 amide bonds. The van der Waals surface area contributed by atoms with Gasteiger partial charge in [0.15, 0.2) is 0 Å². The van der Waals surface area contributed by atoms with E-state index in [-0.39, 0.29) is 5.91 Å². The maximum absolute atomic E-state index is 13.3. The van der Waals surface area contributed by atoms with Crippen LogP contribution in [0.25, 0.3) is 10.8 Å². The monoisotopic (exact) mass is 428 g/mol. The lowest BCUT2D eigenvalue weighted by Crippen LogP contribution is -2.35. The van der Waals surface area contributed by atoms with Gasteiger partial charge in [0.25, 0.3) is 5.91 Å². The fourth-order valence-corrected chi connectivity index (χ4v) is 4.85. The molecule has 31 heavy (non-hydrogen) atoms. The van der Waals surface area contributed by atoms with Gasteiger partial charge in [-0.05, 0) is 28.8 Å². The van der Waals surface area contributed by atoms with Gasteiger partial charge in [-0.2, -0.15) is 4.37 Å². The van der Waals surface area contributed by atoms with Crippen molar-refractivity contribution in [2.24, 2.45) is 0 Å². The molecule has 0 aliphatic carbocycles. The van der Waals surface area contributed by atoms with E-state index in [4.69, 9.17) is 4.98 Å². The zero-order valence-corrected chi connectivity index (χ0v) is 18.1. The van der Waals surface area contributed by atoms with Crippen molar-refractivity contribution in [1.29, 1.82) is 0 Å². The molecule has 1 aliphatic heterocycles. The number of carbonyl (C=O) groups is 1. The Balaban J connectivity index is 1.28. The molecule has 0 atom stereocenters. The number of nitrogens with zero attached hydrogens (tertiary/aromatic N) is 4. The van der Waals surface area contributed by atoms with Gasteiger partial charge in [0, 0.05) is 49.7 Å². The Morgan fingerprint density at radius 1 is 0.871 bits per heavy atom. The summed E-state index contributed by atoms with van der Waals surface area (Å²) in [7, 11) is 0. The zero-order chi connectivity index (χ0) is 21.0. The van der Waals surface area contributed by atoms with E-state index in [0.29, 0.717) is 6.54 Å². The topological polar surface area (TPSA) is 49.3 Å². The third kappa shape index (κ3) is 4.30.